The molecule has 0 radical (unpaired) electrons. The highest BCUT2D eigenvalue weighted by Gasteiger charge is 2.42. The molecule has 0 amide bonds. The van der Waals surface area contributed by atoms with Crippen molar-refractivity contribution in [3.05, 3.63) is 57.9 Å². The van der Waals surface area contributed by atoms with Gasteiger partial charge in [0, 0.05) is 5.56 Å². The zero-order valence-corrected chi connectivity index (χ0v) is 12.9. The van der Waals surface area contributed by atoms with Gasteiger partial charge < -0.3 is 9.15 Å². The van der Waals surface area contributed by atoms with Crippen molar-refractivity contribution < 1.29 is 26.7 Å². The maximum atomic E-state index is 12.9. The van der Waals surface area contributed by atoms with Crippen molar-refractivity contribution in [1.82, 2.24) is 4.98 Å². The Labute approximate surface area is 142 Å². The first-order chi connectivity index (χ1) is 11.8. The SMILES string of the molecule is O=c1oc(-c2ccc(OC(F)C(F)(F)F)cc2)nc2cccc(Cl)c12. The molecule has 1 unspecified atom stereocenters. The first-order valence-corrected chi connectivity index (χ1v) is 7.21. The molecule has 0 N–H and O–H groups in total. The van der Waals surface area contributed by atoms with Crippen molar-refractivity contribution in [2.45, 2.75) is 12.5 Å². The number of alkyl halides is 4. The summed E-state index contributed by atoms with van der Waals surface area (Å²) in [4.78, 5) is 16.2. The summed E-state index contributed by atoms with van der Waals surface area (Å²) in [6.45, 7) is 0. The minimum absolute atomic E-state index is 0.0565. The molecule has 1 heterocycles. The number of benzene rings is 2. The molecule has 4 nitrogen and oxygen atoms in total. The van der Waals surface area contributed by atoms with E-state index in [9.17, 15) is 22.4 Å². The Balaban J connectivity index is 1.93. The van der Waals surface area contributed by atoms with E-state index in [1.807, 2.05) is 0 Å². The lowest BCUT2D eigenvalue weighted by atomic mass is 10.2. The number of hydrogen-bond donors (Lipinski definition) is 0. The van der Waals surface area contributed by atoms with Gasteiger partial charge in [0.15, 0.2) is 0 Å². The molecule has 25 heavy (non-hydrogen) atoms. The van der Waals surface area contributed by atoms with Gasteiger partial charge in [-0.1, -0.05) is 17.7 Å². The quantitative estimate of drug-likeness (QED) is 0.622. The minimum Gasteiger partial charge on any atom is -0.452 e. The molecule has 1 atom stereocenters. The van der Waals surface area contributed by atoms with E-state index in [4.69, 9.17) is 16.0 Å². The third kappa shape index (κ3) is 3.58. The molecule has 0 saturated carbocycles. The second-order valence-electron chi connectivity index (χ2n) is 4.94. The molecule has 9 heteroatoms. The summed E-state index contributed by atoms with van der Waals surface area (Å²) in [6.07, 6.45) is -8.55. The number of halogens is 5. The summed E-state index contributed by atoms with van der Waals surface area (Å²) in [6, 6.07) is 9.49. The van der Waals surface area contributed by atoms with E-state index in [1.165, 1.54) is 18.2 Å². The van der Waals surface area contributed by atoms with Crippen LogP contribution in [0.25, 0.3) is 22.4 Å². The molecule has 0 aliphatic carbocycles. The summed E-state index contributed by atoms with van der Waals surface area (Å²) in [5.74, 6) is -0.390. The van der Waals surface area contributed by atoms with Gasteiger partial charge in [-0.3, -0.25) is 0 Å². The number of hydrogen-bond acceptors (Lipinski definition) is 4. The average molecular weight is 374 g/mol. The van der Waals surface area contributed by atoms with Crippen molar-refractivity contribution in [3.8, 4) is 17.2 Å². The predicted octanol–water partition coefficient (Wildman–Crippen LogP) is 4.75. The molecule has 130 valence electrons. The van der Waals surface area contributed by atoms with Crippen LogP contribution in [0, 0.1) is 0 Å². The topological polar surface area (TPSA) is 52.3 Å². The lowest BCUT2D eigenvalue weighted by Crippen LogP contribution is -2.29. The first-order valence-electron chi connectivity index (χ1n) is 6.83. The normalized spacial score (nSPS) is 13.0. The van der Waals surface area contributed by atoms with Crippen LogP contribution < -0.4 is 10.4 Å². The van der Waals surface area contributed by atoms with E-state index < -0.39 is 18.2 Å². The fourth-order valence-corrected chi connectivity index (χ4v) is 2.31. The van der Waals surface area contributed by atoms with Crippen molar-refractivity contribution in [2.75, 3.05) is 0 Å². The number of aromatic nitrogens is 1. The number of ether oxygens (including phenoxy) is 1. The van der Waals surface area contributed by atoms with Crippen molar-refractivity contribution >= 4 is 22.5 Å². The molecule has 2 aromatic carbocycles. The van der Waals surface area contributed by atoms with Gasteiger partial charge in [-0.25, -0.2) is 9.78 Å². The Morgan fingerprint density at radius 2 is 1.80 bits per heavy atom. The van der Waals surface area contributed by atoms with Crippen LogP contribution in [0.5, 0.6) is 5.75 Å². The second-order valence-corrected chi connectivity index (χ2v) is 5.35. The number of nitrogens with zero attached hydrogens (tertiary/aromatic N) is 1. The van der Waals surface area contributed by atoms with Crippen LogP contribution in [-0.4, -0.2) is 17.5 Å². The standard InChI is InChI=1S/C16H8ClF4NO3/c17-10-2-1-3-11-12(10)14(23)25-13(22-11)8-4-6-9(7-5-8)24-15(18)16(19,20)21/h1-7,15H. The molecule has 0 aliphatic rings. The Morgan fingerprint density at radius 3 is 2.44 bits per heavy atom. The van der Waals surface area contributed by atoms with Crippen molar-refractivity contribution in [2.24, 2.45) is 0 Å². The molecule has 0 fully saturated rings. The highest BCUT2D eigenvalue weighted by atomic mass is 35.5. The van der Waals surface area contributed by atoms with E-state index in [-0.39, 0.29) is 22.0 Å². The van der Waals surface area contributed by atoms with Gasteiger partial charge in [0.2, 0.25) is 5.89 Å². The molecular formula is C16H8ClF4NO3. The monoisotopic (exact) mass is 373 g/mol. The predicted molar refractivity (Wildman–Crippen MR) is 82.3 cm³/mol. The van der Waals surface area contributed by atoms with Crippen LogP contribution in [0.3, 0.4) is 0 Å². The van der Waals surface area contributed by atoms with Crippen LogP contribution in [0.2, 0.25) is 5.02 Å². The fraction of sp³-hybridized carbons (Fsp3) is 0.125. The Bertz CT molecular complexity index is 970. The summed E-state index contributed by atoms with van der Waals surface area (Å²) < 4.78 is 58.5. The van der Waals surface area contributed by atoms with Crippen LogP contribution in [0.15, 0.2) is 51.7 Å². The van der Waals surface area contributed by atoms with Gasteiger partial charge in [0.25, 0.3) is 0 Å². The van der Waals surface area contributed by atoms with Crippen LogP contribution in [0.4, 0.5) is 17.6 Å². The minimum atomic E-state index is -5.12. The van der Waals surface area contributed by atoms with Crippen LogP contribution >= 0.6 is 11.6 Å². The summed E-state index contributed by atoms with van der Waals surface area (Å²) in [5, 5.41) is 0.313. The number of rotatable bonds is 3. The molecule has 0 bridgehead atoms. The Hall–Kier alpha value is -2.61. The lowest BCUT2D eigenvalue weighted by molar-refractivity contribution is -0.236. The van der Waals surface area contributed by atoms with E-state index >= 15 is 0 Å². The van der Waals surface area contributed by atoms with Crippen LogP contribution in [-0.2, 0) is 0 Å². The van der Waals surface area contributed by atoms with E-state index in [0.717, 1.165) is 12.1 Å². The second kappa shape index (κ2) is 6.36. The summed E-state index contributed by atoms with van der Waals surface area (Å²) >= 11 is 5.92. The zero-order valence-electron chi connectivity index (χ0n) is 12.2. The lowest BCUT2D eigenvalue weighted by Gasteiger charge is -2.14. The first kappa shape index (κ1) is 17.2. The van der Waals surface area contributed by atoms with Gasteiger partial charge in [-0.05, 0) is 36.4 Å². The van der Waals surface area contributed by atoms with Crippen LogP contribution in [0.1, 0.15) is 0 Å². The number of fused-ring (bicyclic) bond motifs is 1. The van der Waals surface area contributed by atoms with Gasteiger partial charge in [-0.2, -0.15) is 17.6 Å². The third-order valence-corrected chi connectivity index (χ3v) is 3.52. The van der Waals surface area contributed by atoms with E-state index in [1.54, 1.807) is 12.1 Å². The zero-order chi connectivity index (χ0) is 18.2. The molecule has 3 rings (SSSR count). The van der Waals surface area contributed by atoms with Crippen molar-refractivity contribution in [1.29, 1.82) is 0 Å². The highest BCUT2D eigenvalue weighted by molar-refractivity contribution is 6.35. The fourth-order valence-electron chi connectivity index (χ4n) is 2.06. The summed E-state index contributed by atoms with van der Waals surface area (Å²) in [7, 11) is 0. The Morgan fingerprint density at radius 1 is 1.12 bits per heavy atom. The van der Waals surface area contributed by atoms with Gasteiger partial charge >= 0.3 is 18.2 Å². The smallest absolute Gasteiger partial charge is 0.452 e. The van der Waals surface area contributed by atoms with Crippen molar-refractivity contribution in [3.63, 3.8) is 0 Å². The maximum Gasteiger partial charge on any atom is 0.457 e. The molecule has 1 aromatic heterocycles. The van der Waals surface area contributed by atoms with E-state index in [2.05, 4.69) is 9.72 Å². The molecule has 0 spiro atoms. The highest BCUT2D eigenvalue weighted by Crippen LogP contribution is 2.28. The van der Waals surface area contributed by atoms with Gasteiger partial charge in [0.05, 0.1) is 10.5 Å². The Kier molecular flexibility index (Phi) is 4.38. The molecular weight excluding hydrogens is 366 g/mol. The van der Waals surface area contributed by atoms with Gasteiger partial charge in [0.1, 0.15) is 11.1 Å². The van der Waals surface area contributed by atoms with E-state index in [0.29, 0.717) is 11.1 Å². The molecule has 0 aliphatic heterocycles. The average Bonchev–Trinajstić information content (AvgIpc) is 2.54. The molecule has 3 aromatic rings. The third-order valence-electron chi connectivity index (χ3n) is 3.21. The summed E-state index contributed by atoms with van der Waals surface area (Å²) in [5.41, 5.74) is -0.0967. The molecule has 0 saturated heterocycles. The van der Waals surface area contributed by atoms with Gasteiger partial charge in [-0.15, -0.1) is 0 Å². The largest absolute Gasteiger partial charge is 0.457 e. The maximum absolute atomic E-state index is 12.9.